The molecule has 26 heavy (non-hydrogen) atoms. The van der Waals surface area contributed by atoms with Gasteiger partial charge in [-0.25, -0.2) is 4.79 Å². The molecular formula is C21H19Cl2NO2. The number of hydrogen-bond donors (Lipinski definition) is 1. The molecule has 0 unspecified atom stereocenters. The second-order valence-electron chi connectivity index (χ2n) is 6.85. The van der Waals surface area contributed by atoms with Crippen LogP contribution in [0.4, 0.5) is 5.69 Å². The summed E-state index contributed by atoms with van der Waals surface area (Å²) in [5.74, 6) is 0.133. The summed E-state index contributed by atoms with van der Waals surface area (Å²) >= 11 is 12.6. The van der Waals surface area contributed by atoms with Gasteiger partial charge in [0.25, 0.3) is 0 Å². The number of ether oxygens (including phenoxy) is 1. The Morgan fingerprint density at radius 3 is 2.77 bits per heavy atom. The van der Waals surface area contributed by atoms with E-state index in [1.165, 1.54) is 7.11 Å². The molecule has 0 amide bonds. The molecule has 0 radical (unpaired) electrons. The second kappa shape index (κ2) is 6.64. The van der Waals surface area contributed by atoms with Gasteiger partial charge in [0, 0.05) is 21.7 Å². The van der Waals surface area contributed by atoms with Crippen molar-refractivity contribution < 1.29 is 9.53 Å². The highest BCUT2D eigenvalue weighted by Gasteiger charge is 2.41. The molecule has 1 aliphatic heterocycles. The van der Waals surface area contributed by atoms with E-state index in [-0.39, 0.29) is 23.8 Å². The minimum Gasteiger partial charge on any atom is -0.465 e. The molecule has 0 bridgehead atoms. The number of halogens is 2. The summed E-state index contributed by atoms with van der Waals surface area (Å²) in [5, 5.41) is 4.94. The van der Waals surface area contributed by atoms with Gasteiger partial charge in [0.2, 0.25) is 0 Å². The van der Waals surface area contributed by atoms with Gasteiger partial charge in [-0.3, -0.25) is 0 Å². The lowest BCUT2D eigenvalue weighted by Crippen LogP contribution is -2.31. The van der Waals surface area contributed by atoms with Crippen molar-refractivity contribution in [1.82, 2.24) is 0 Å². The maximum atomic E-state index is 12.3. The van der Waals surface area contributed by atoms with E-state index in [2.05, 4.69) is 17.5 Å². The first-order valence-corrected chi connectivity index (χ1v) is 9.36. The summed E-state index contributed by atoms with van der Waals surface area (Å²) in [5.41, 5.74) is 4.78. The van der Waals surface area contributed by atoms with E-state index >= 15 is 0 Å². The van der Waals surface area contributed by atoms with Crippen LogP contribution in [0.1, 0.15) is 45.4 Å². The highest BCUT2D eigenvalue weighted by molar-refractivity contribution is 6.35. The largest absolute Gasteiger partial charge is 0.465 e. The predicted octanol–water partition coefficient (Wildman–Crippen LogP) is 5.91. The fraction of sp³-hybridized carbons (Fsp3) is 0.286. The van der Waals surface area contributed by atoms with Crippen LogP contribution in [-0.2, 0) is 4.74 Å². The normalized spacial score (nSPS) is 23.2. The predicted molar refractivity (Wildman–Crippen MR) is 105 cm³/mol. The van der Waals surface area contributed by atoms with E-state index < -0.39 is 0 Å². The minimum atomic E-state index is -0.301. The van der Waals surface area contributed by atoms with E-state index in [1.807, 2.05) is 31.2 Å². The Bertz CT molecular complexity index is 922. The van der Waals surface area contributed by atoms with Crippen molar-refractivity contribution in [3.63, 3.8) is 0 Å². The molecule has 2 aliphatic rings. The van der Waals surface area contributed by atoms with Crippen LogP contribution in [0.15, 0.2) is 42.5 Å². The average molecular weight is 388 g/mol. The number of rotatable bonds is 2. The second-order valence-corrected chi connectivity index (χ2v) is 7.70. The van der Waals surface area contributed by atoms with Gasteiger partial charge in [-0.1, -0.05) is 47.5 Å². The zero-order valence-corrected chi connectivity index (χ0v) is 16.1. The lowest BCUT2D eigenvalue weighted by Gasteiger charge is -2.39. The van der Waals surface area contributed by atoms with Gasteiger partial charge >= 0.3 is 5.97 Å². The third-order valence-corrected chi connectivity index (χ3v) is 5.99. The molecule has 3 atom stereocenters. The first-order chi connectivity index (χ1) is 12.5. The van der Waals surface area contributed by atoms with E-state index in [9.17, 15) is 4.79 Å². The molecule has 2 aromatic rings. The van der Waals surface area contributed by atoms with Crippen molar-refractivity contribution in [2.75, 3.05) is 12.4 Å². The van der Waals surface area contributed by atoms with Crippen LogP contribution in [0.3, 0.4) is 0 Å². The quantitative estimate of drug-likeness (QED) is 0.513. The zero-order chi connectivity index (χ0) is 18.4. The van der Waals surface area contributed by atoms with Crippen LogP contribution < -0.4 is 5.32 Å². The number of carbonyl (C=O) groups is 1. The van der Waals surface area contributed by atoms with Crippen LogP contribution >= 0.6 is 23.2 Å². The Labute approximate surface area is 163 Å². The summed E-state index contributed by atoms with van der Waals surface area (Å²) in [7, 11) is 1.42. The molecule has 3 nitrogen and oxygen atoms in total. The van der Waals surface area contributed by atoms with Crippen LogP contribution in [0.25, 0.3) is 0 Å². The maximum Gasteiger partial charge on any atom is 0.338 e. The minimum absolute atomic E-state index is 0.0545. The summed E-state index contributed by atoms with van der Waals surface area (Å²) in [6.45, 7) is 2.05. The van der Waals surface area contributed by atoms with E-state index in [1.54, 1.807) is 6.07 Å². The molecule has 0 spiro atoms. The average Bonchev–Trinajstić information content (AvgIpc) is 3.11. The SMILES string of the molecule is COC(=O)c1ccc(C)c2c1[C@@H]1C=CC[C@@H]1[C@@H](c1ccc(Cl)cc1Cl)N2. The molecule has 0 fully saturated rings. The van der Waals surface area contributed by atoms with Crippen LogP contribution in [0.5, 0.6) is 0 Å². The summed E-state index contributed by atoms with van der Waals surface area (Å²) < 4.78 is 5.01. The highest BCUT2D eigenvalue weighted by Crippen LogP contribution is 2.52. The van der Waals surface area contributed by atoms with Crippen molar-refractivity contribution in [1.29, 1.82) is 0 Å². The molecule has 2 aromatic carbocycles. The number of nitrogens with one attached hydrogen (secondary N) is 1. The Hall–Kier alpha value is -1.97. The van der Waals surface area contributed by atoms with Gasteiger partial charge in [-0.05, 0) is 54.2 Å². The Morgan fingerprint density at radius 1 is 1.23 bits per heavy atom. The number of esters is 1. The molecule has 5 heteroatoms. The molecule has 0 saturated carbocycles. The Kier molecular flexibility index (Phi) is 4.45. The summed E-state index contributed by atoms with van der Waals surface area (Å²) in [6, 6.07) is 9.51. The number of benzene rings is 2. The molecule has 0 aromatic heterocycles. The molecule has 1 heterocycles. The van der Waals surface area contributed by atoms with E-state index in [0.29, 0.717) is 15.6 Å². The van der Waals surface area contributed by atoms with Crippen molar-refractivity contribution >= 4 is 34.9 Å². The van der Waals surface area contributed by atoms with Crippen molar-refractivity contribution in [3.8, 4) is 0 Å². The van der Waals surface area contributed by atoms with Crippen molar-refractivity contribution in [2.24, 2.45) is 5.92 Å². The first kappa shape index (κ1) is 17.4. The smallest absolute Gasteiger partial charge is 0.338 e. The van der Waals surface area contributed by atoms with Gasteiger partial charge in [0.1, 0.15) is 0 Å². The van der Waals surface area contributed by atoms with Crippen LogP contribution in [0.2, 0.25) is 10.0 Å². The van der Waals surface area contributed by atoms with Gasteiger partial charge in [-0.2, -0.15) is 0 Å². The third kappa shape index (κ3) is 2.70. The monoisotopic (exact) mass is 387 g/mol. The van der Waals surface area contributed by atoms with Crippen molar-refractivity contribution in [3.05, 3.63) is 74.8 Å². The fourth-order valence-corrected chi connectivity index (χ4v) is 4.73. The molecule has 0 saturated heterocycles. The van der Waals surface area contributed by atoms with Gasteiger partial charge in [0.05, 0.1) is 18.7 Å². The fourth-order valence-electron chi connectivity index (χ4n) is 4.20. The first-order valence-electron chi connectivity index (χ1n) is 8.61. The molecule has 4 rings (SSSR count). The number of methoxy groups -OCH3 is 1. The number of carbonyl (C=O) groups excluding carboxylic acids is 1. The van der Waals surface area contributed by atoms with Gasteiger partial charge in [0.15, 0.2) is 0 Å². The van der Waals surface area contributed by atoms with E-state index in [4.69, 9.17) is 27.9 Å². The van der Waals surface area contributed by atoms with Crippen LogP contribution in [-0.4, -0.2) is 13.1 Å². The Balaban J connectivity index is 1.87. The topological polar surface area (TPSA) is 38.3 Å². The van der Waals surface area contributed by atoms with Gasteiger partial charge in [-0.15, -0.1) is 0 Å². The Morgan fingerprint density at radius 2 is 2.04 bits per heavy atom. The molecule has 134 valence electrons. The molecule has 1 N–H and O–H groups in total. The zero-order valence-electron chi connectivity index (χ0n) is 14.6. The number of aryl methyl sites for hydroxylation is 1. The number of allylic oxidation sites excluding steroid dienone is 2. The summed E-state index contributed by atoms with van der Waals surface area (Å²) in [6.07, 6.45) is 5.31. The van der Waals surface area contributed by atoms with Crippen molar-refractivity contribution in [2.45, 2.75) is 25.3 Å². The highest BCUT2D eigenvalue weighted by atomic mass is 35.5. The van der Waals surface area contributed by atoms with Gasteiger partial charge < -0.3 is 10.1 Å². The summed E-state index contributed by atoms with van der Waals surface area (Å²) in [4.78, 5) is 12.3. The standard InChI is InChI=1S/C21H19Cl2NO2/c1-11-6-8-16(21(25)26-2)18-13-4-3-5-14(13)20(24-19(11)18)15-9-7-12(22)10-17(15)23/h3-4,6-10,13-14,20,24H,5H2,1-2H3/t13-,14+,20+/m1/s1. The number of hydrogen-bond acceptors (Lipinski definition) is 3. The van der Waals surface area contributed by atoms with Crippen LogP contribution in [0, 0.1) is 12.8 Å². The maximum absolute atomic E-state index is 12.3. The molecule has 1 aliphatic carbocycles. The lowest BCUT2D eigenvalue weighted by atomic mass is 9.74. The number of anilines is 1. The lowest BCUT2D eigenvalue weighted by molar-refractivity contribution is 0.0598. The molecular weight excluding hydrogens is 369 g/mol. The number of fused-ring (bicyclic) bond motifs is 3. The van der Waals surface area contributed by atoms with E-state index in [0.717, 1.165) is 28.8 Å². The third-order valence-electron chi connectivity index (χ3n) is 5.43.